The topological polar surface area (TPSA) is 90.5 Å². The van der Waals surface area contributed by atoms with Crippen LogP contribution in [0.1, 0.15) is 60.0 Å². The Labute approximate surface area is 170 Å². The average Bonchev–Trinajstić information content (AvgIpc) is 3.04. The molecule has 3 aliphatic heterocycles. The molecule has 7 heteroatoms. The van der Waals surface area contributed by atoms with Crippen LogP contribution in [0.25, 0.3) is 0 Å². The Morgan fingerprint density at radius 2 is 2.10 bits per heavy atom. The third-order valence-corrected chi connectivity index (χ3v) is 7.18. The monoisotopic (exact) mass is 396 g/mol. The molecule has 3 unspecified atom stereocenters. The Bertz CT molecular complexity index is 858. The van der Waals surface area contributed by atoms with E-state index >= 15 is 0 Å². The van der Waals surface area contributed by atoms with E-state index in [9.17, 15) is 14.4 Å². The van der Waals surface area contributed by atoms with E-state index in [4.69, 9.17) is 0 Å². The molecule has 1 aromatic carbocycles. The van der Waals surface area contributed by atoms with Crippen LogP contribution in [0.15, 0.2) is 18.2 Å². The van der Waals surface area contributed by atoms with E-state index in [2.05, 4.69) is 22.0 Å². The highest BCUT2D eigenvalue weighted by atomic mass is 16.2. The van der Waals surface area contributed by atoms with Crippen molar-refractivity contribution in [1.82, 2.24) is 20.9 Å². The standard InChI is InChI=1S/C22H28N4O3/c27-19-7-6-18(20(28)25-19)26-12-17-15(4-1-5-16(17)21(26)29)11-24-22-8-2-3-14(9-22)10-23-13-22/h1,4-5,14,18,23-24H,2-3,6-13H2,(H,25,27,28). The summed E-state index contributed by atoms with van der Waals surface area (Å²) in [6, 6.07) is 5.31. The summed E-state index contributed by atoms with van der Waals surface area (Å²) in [5, 5.41) is 9.77. The summed E-state index contributed by atoms with van der Waals surface area (Å²) in [4.78, 5) is 38.4. The van der Waals surface area contributed by atoms with Gasteiger partial charge in [0.1, 0.15) is 6.04 Å². The summed E-state index contributed by atoms with van der Waals surface area (Å²) in [6.07, 6.45) is 5.67. The smallest absolute Gasteiger partial charge is 0.255 e. The number of hydrogen-bond donors (Lipinski definition) is 3. The molecule has 29 heavy (non-hydrogen) atoms. The minimum atomic E-state index is -0.561. The van der Waals surface area contributed by atoms with Crippen molar-refractivity contribution >= 4 is 17.7 Å². The van der Waals surface area contributed by atoms with Crippen molar-refractivity contribution < 1.29 is 14.4 Å². The lowest BCUT2D eigenvalue weighted by molar-refractivity contribution is -0.136. The zero-order valence-electron chi connectivity index (χ0n) is 16.6. The Morgan fingerprint density at radius 1 is 1.21 bits per heavy atom. The van der Waals surface area contributed by atoms with Gasteiger partial charge in [-0.25, -0.2) is 0 Å². The quantitative estimate of drug-likeness (QED) is 0.663. The van der Waals surface area contributed by atoms with Crippen LogP contribution in [0.5, 0.6) is 0 Å². The summed E-state index contributed by atoms with van der Waals surface area (Å²) < 4.78 is 0. The fourth-order valence-electron chi connectivity index (χ4n) is 5.66. The molecule has 1 aliphatic carbocycles. The molecule has 3 atom stereocenters. The molecule has 0 radical (unpaired) electrons. The summed E-state index contributed by atoms with van der Waals surface area (Å²) in [5.41, 5.74) is 2.99. The summed E-state index contributed by atoms with van der Waals surface area (Å²) in [5.74, 6) is 0.0385. The predicted octanol–water partition coefficient (Wildman–Crippen LogP) is 1.07. The van der Waals surface area contributed by atoms with Gasteiger partial charge in [0.25, 0.3) is 5.91 Å². The second-order valence-corrected chi connectivity index (χ2v) is 9.07. The maximum absolute atomic E-state index is 13.0. The highest BCUT2D eigenvalue weighted by molar-refractivity contribution is 6.05. The molecule has 2 saturated heterocycles. The maximum atomic E-state index is 13.0. The van der Waals surface area contributed by atoms with Crippen LogP contribution in [0.4, 0.5) is 0 Å². The van der Waals surface area contributed by atoms with E-state index in [1.165, 1.54) is 25.7 Å². The van der Waals surface area contributed by atoms with E-state index in [0.29, 0.717) is 18.5 Å². The number of imide groups is 1. The van der Waals surface area contributed by atoms with Crippen LogP contribution < -0.4 is 16.0 Å². The Hall–Kier alpha value is -2.25. The number of rotatable bonds is 4. The highest BCUT2D eigenvalue weighted by Crippen LogP contribution is 2.36. The number of amides is 3. The summed E-state index contributed by atoms with van der Waals surface area (Å²) in [7, 11) is 0. The minimum Gasteiger partial charge on any atom is -0.322 e. The van der Waals surface area contributed by atoms with Gasteiger partial charge in [-0.05, 0) is 55.3 Å². The predicted molar refractivity (Wildman–Crippen MR) is 107 cm³/mol. The number of carbonyl (C=O) groups excluding carboxylic acids is 3. The SMILES string of the molecule is O=C1CCC(N2Cc3c(CNC45CCCC(CNC4)C5)cccc3C2=O)C(=O)N1. The van der Waals surface area contributed by atoms with Crippen LogP contribution in [0, 0.1) is 5.92 Å². The van der Waals surface area contributed by atoms with Crippen LogP contribution in [0.3, 0.4) is 0 Å². The van der Waals surface area contributed by atoms with Crippen LogP contribution >= 0.6 is 0 Å². The fourth-order valence-corrected chi connectivity index (χ4v) is 5.66. The molecule has 1 aromatic rings. The lowest BCUT2D eigenvalue weighted by Crippen LogP contribution is -2.59. The largest absolute Gasteiger partial charge is 0.322 e. The Kier molecular flexibility index (Phi) is 4.67. The first-order valence-corrected chi connectivity index (χ1v) is 10.8. The van der Waals surface area contributed by atoms with Crippen molar-refractivity contribution in [1.29, 1.82) is 0 Å². The molecular formula is C22H28N4O3. The molecule has 4 aliphatic rings. The third kappa shape index (κ3) is 3.36. The second-order valence-electron chi connectivity index (χ2n) is 9.07. The van der Waals surface area contributed by atoms with Crippen LogP contribution in [0.2, 0.25) is 0 Å². The van der Waals surface area contributed by atoms with Gasteiger partial charge >= 0.3 is 0 Å². The number of benzene rings is 1. The van der Waals surface area contributed by atoms with Gasteiger partial charge in [0.2, 0.25) is 11.8 Å². The molecular weight excluding hydrogens is 368 g/mol. The molecule has 0 spiro atoms. The molecule has 3 fully saturated rings. The van der Waals surface area contributed by atoms with Gasteiger partial charge in [0, 0.05) is 37.2 Å². The molecule has 3 N–H and O–H groups in total. The summed E-state index contributed by atoms with van der Waals surface area (Å²) in [6.45, 7) is 3.29. The van der Waals surface area contributed by atoms with Gasteiger partial charge < -0.3 is 15.5 Å². The first-order valence-electron chi connectivity index (χ1n) is 10.8. The molecule has 3 heterocycles. The van der Waals surface area contributed by atoms with Gasteiger partial charge in [0.05, 0.1) is 0 Å². The Balaban J connectivity index is 1.33. The molecule has 154 valence electrons. The number of hydrogen-bond acceptors (Lipinski definition) is 5. The van der Waals surface area contributed by atoms with E-state index in [1.54, 1.807) is 4.90 Å². The zero-order valence-corrected chi connectivity index (χ0v) is 16.6. The normalized spacial score (nSPS) is 31.6. The van der Waals surface area contributed by atoms with Crippen molar-refractivity contribution in [3.8, 4) is 0 Å². The number of fused-ring (bicyclic) bond motifs is 3. The first-order chi connectivity index (χ1) is 14.0. The molecule has 0 aromatic heterocycles. The van der Waals surface area contributed by atoms with Gasteiger partial charge in [-0.15, -0.1) is 0 Å². The van der Waals surface area contributed by atoms with Gasteiger partial charge in [-0.2, -0.15) is 0 Å². The Morgan fingerprint density at radius 3 is 2.97 bits per heavy atom. The second kappa shape index (κ2) is 7.22. The summed E-state index contributed by atoms with van der Waals surface area (Å²) >= 11 is 0. The van der Waals surface area contributed by atoms with Crippen molar-refractivity contribution in [3.05, 3.63) is 34.9 Å². The number of piperidine rings is 2. The molecule has 7 nitrogen and oxygen atoms in total. The zero-order chi connectivity index (χ0) is 20.0. The van der Waals surface area contributed by atoms with Gasteiger partial charge in [-0.1, -0.05) is 18.6 Å². The number of nitrogens with one attached hydrogen (secondary N) is 3. The first kappa shape index (κ1) is 18.8. The van der Waals surface area contributed by atoms with E-state index < -0.39 is 6.04 Å². The number of carbonyl (C=O) groups is 3. The van der Waals surface area contributed by atoms with E-state index in [0.717, 1.165) is 36.7 Å². The van der Waals surface area contributed by atoms with Crippen LogP contribution in [-0.4, -0.2) is 47.3 Å². The van der Waals surface area contributed by atoms with E-state index in [1.807, 2.05) is 12.1 Å². The van der Waals surface area contributed by atoms with Gasteiger partial charge in [-0.3, -0.25) is 19.7 Å². The van der Waals surface area contributed by atoms with Crippen molar-refractivity contribution in [2.75, 3.05) is 13.1 Å². The minimum absolute atomic E-state index is 0.105. The van der Waals surface area contributed by atoms with Crippen molar-refractivity contribution in [3.63, 3.8) is 0 Å². The van der Waals surface area contributed by atoms with Crippen molar-refractivity contribution in [2.45, 2.75) is 63.2 Å². The maximum Gasteiger partial charge on any atom is 0.255 e. The number of nitrogens with zero attached hydrogens (tertiary/aromatic N) is 1. The molecule has 3 amide bonds. The molecule has 5 rings (SSSR count). The lowest BCUT2D eigenvalue weighted by Gasteiger charge is -2.46. The van der Waals surface area contributed by atoms with Gasteiger partial charge in [0.15, 0.2) is 0 Å². The fraction of sp³-hybridized carbons (Fsp3) is 0.591. The highest BCUT2D eigenvalue weighted by Gasteiger charge is 2.41. The average molecular weight is 396 g/mol. The molecule has 1 saturated carbocycles. The third-order valence-electron chi connectivity index (χ3n) is 7.18. The van der Waals surface area contributed by atoms with E-state index in [-0.39, 0.29) is 29.7 Å². The molecule has 2 bridgehead atoms. The van der Waals surface area contributed by atoms with Crippen molar-refractivity contribution in [2.24, 2.45) is 5.92 Å². The van der Waals surface area contributed by atoms with Crippen LogP contribution in [-0.2, 0) is 22.7 Å². The lowest BCUT2D eigenvalue weighted by atomic mass is 9.73.